The van der Waals surface area contributed by atoms with Gasteiger partial charge in [0.05, 0.1) is 25.3 Å². The Balaban J connectivity index is 1.64. The van der Waals surface area contributed by atoms with Gasteiger partial charge in [0.25, 0.3) is 12.3 Å². The van der Waals surface area contributed by atoms with Gasteiger partial charge < -0.3 is 14.8 Å². The maximum absolute atomic E-state index is 13.7. The zero-order valence-corrected chi connectivity index (χ0v) is 18.1. The van der Waals surface area contributed by atoms with Gasteiger partial charge in [0, 0.05) is 24.5 Å². The Labute approximate surface area is 181 Å². The van der Waals surface area contributed by atoms with Crippen LogP contribution in [0.4, 0.5) is 8.78 Å². The van der Waals surface area contributed by atoms with E-state index in [0.29, 0.717) is 22.9 Å². The summed E-state index contributed by atoms with van der Waals surface area (Å²) in [6.07, 6.45) is 4.50. The molecule has 0 saturated heterocycles. The molecule has 6 nitrogen and oxygen atoms in total. The number of nitrogens with zero attached hydrogens (tertiary/aromatic N) is 2. The van der Waals surface area contributed by atoms with Gasteiger partial charge in [0.1, 0.15) is 0 Å². The first-order valence-corrected chi connectivity index (χ1v) is 10.6. The van der Waals surface area contributed by atoms with Gasteiger partial charge in [0.2, 0.25) is 11.8 Å². The average Bonchev–Trinajstić information content (AvgIpc) is 2.81. The molecular weight excluding hydrogens is 404 g/mol. The first-order valence-electron chi connectivity index (χ1n) is 10.6. The number of pyridine rings is 2. The van der Waals surface area contributed by atoms with E-state index in [1.165, 1.54) is 26.6 Å². The summed E-state index contributed by atoms with van der Waals surface area (Å²) in [5.74, 6) is 0.633. The molecule has 1 amide bonds. The van der Waals surface area contributed by atoms with E-state index in [0.717, 1.165) is 32.1 Å². The minimum atomic E-state index is -2.63. The molecule has 0 radical (unpaired) electrons. The number of amides is 1. The highest BCUT2D eigenvalue weighted by atomic mass is 19.3. The van der Waals surface area contributed by atoms with E-state index in [-0.39, 0.29) is 29.3 Å². The van der Waals surface area contributed by atoms with Crippen LogP contribution < -0.4 is 14.8 Å². The SMILES string of the molecule is CC[C@H](NC(=O)c1ccc(OC)nc1)C1CCC(c2ccnc(OC)c2C(F)F)CC1. The Kier molecular flexibility index (Phi) is 7.76. The lowest BCUT2D eigenvalue weighted by atomic mass is 9.74. The highest BCUT2D eigenvalue weighted by Gasteiger charge is 2.32. The van der Waals surface area contributed by atoms with Crippen LogP contribution in [0.3, 0.4) is 0 Å². The van der Waals surface area contributed by atoms with Crippen molar-refractivity contribution in [1.29, 1.82) is 0 Å². The fourth-order valence-electron chi connectivity index (χ4n) is 4.48. The third-order valence-electron chi connectivity index (χ3n) is 6.14. The summed E-state index contributed by atoms with van der Waals surface area (Å²) in [6.45, 7) is 2.05. The zero-order chi connectivity index (χ0) is 22.4. The minimum Gasteiger partial charge on any atom is -0.481 e. The molecule has 3 rings (SSSR count). The summed E-state index contributed by atoms with van der Waals surface area (Å²) < 4.78 is 37.4. The summed E-state index contributed by atoms with van der Waals surface area (Å²) in [7, 11) is 2.89. The molecule has 8 heteroatoms. The van der Waals surface area contributed by atoms with Crippen LogP contribution in [-0.2, 0) is 0 Å². The Morgan fingerprint density at radius 3 is 2.42 bits per heavy atom. The van der Waals surface area contributed by atoms with Crippen molar-refractivity contribution < 1.29 is 23.0 Å². The number of ether oxygens (including phenoxy) is 2. The van der Waals surface area contributed by atoms with E-state index < -0.39 is 6.43 Å². The Morgan fingerprint density at radius 2 is 1.87 bits per heavy atom. The quantitative estimate of drug-likeness (QED) is 0.640. The number of aromatic nitrogens is 2. The van der Waals surface area contributed by atoms with Crippen LogP contribution in [0.2, 0.25) is 0 Å². The molecule has 1 N–H and O–H groups in total. The second kappa shape index (κ2) is 10.5. The van der Waals surface area contributed by atoms with Crippen LogP contribution in [0.5, 0.6) is 11.8 Å². The summed E-state index contributed by atoms with van der Waals surface area (Å²) in [6, 6.07) is 5.06. The molecule has 0 unspecified atom stereocenters. The van der Waals surface area contributed by atoms with Crippen molar-refractivity contribution in [1.82, 2.24) is 15.3 Å². The second-order valence-corrected chi connectivity index (χ2v) is 7.81. The van der Waals surface area contributed by atoms with Gasteiger partial charge in [-0.25, -0.2) is 18.7 Å². The van der Waals surface area contributed by atoms with Gasteiger partial charge in [0.15, 0.2) is 0 Å². The average molecular weight is 433 g/mol. The smallest absolute Gasteiger partial charge is 0.269 e. The number of nitrogens with one attached hydrogen (secondary N) is 1. The van der Waals surface area contributed by atoms with Gasteiger partial charge >= 0.3 is 0 Å². The highest BCUT2D eigenvalue weighted by molar-refractivity contribution is 5.94. The lowest BCUT2D eigenvalue weighted by molar-refractivity contribution is 0.0908. The highest BCUT2D eigenvalue weighted by Crippen LogP contribution is 2.42. The third-order valence-corrected chi connectivity index (χ3v) is 6.14. The topological polar surface area (TPSA) is 73.3 Å². The largest absolute Gasteiger partial charge is 0.481 e. The predicted octanol–water partition coefficient (Wildman–Crippen LogP) is 4.91. The number of hydrogen-bond acceptors (Lipinski definition) is 5. The number of carbonyl (C=O) groups is 1. The number of carbonyl (C=O) groups excluding carboxylic acids is 1. The van der Waals surface area contributed by atoms with E-state index in [1.807, 2.05) is 6.92 Å². The molecule has 1 aliphatic rings. The Morgan fingerprint density at radius 1 is 1.13 bits per heavy atom. The number of hydrogen-bond donors (Lipinski definition) is 1. The normalized spacial score (nSPS) is 19.7. The van der Waals surface area contributed by atoms with Crippen molar-refractivity contribution >= 4 is 5.91 Å². The fourth-order valence-corrected chi connectivity index (χ4v) is 4.48. The van der Waals surface area contributed by atoms with Gasteiger partial charge in [-0.15, -0.1) is 0 Å². The Hall–Kier alpha value is -2.77. The lowest BCUT2D eigenvalue weighted by Gasteiger charge is -2.34. The third kappa shape index (κ3) is 5.29. The van der Waals surface area contributed by atoms with Crippen molar-refractivity contribution in [3.05, 3.63) is 47.3 Å². The number of halogens is 2. The van der Waals surface area contributed by atoms with Gasteiger partial charge in [-0.05, 0) is 61.6 Å². The van der Waals surface area contributed by atoms with Crippen molar-refractivity contribution in [2.24, 2.45) is 5.92 Å². The summed E-state index contributed by atoms with van der Waals surface area (Å²) in [5, 5.41) is 3.12. The molecule has 1 atom stereocenters. The summed E-state index contributed by atoms with van der Waals surface area (Å²) in [4.78, 5) is 20.7. The molecule has 0 aliphatic heterocycles. The first-order chi connectivity index (χ1) is 15.0. The number of methoxy groups -OCH3 is 2. The van der Waals surface area contributed by atoms with Crippen molar-refractivity contribution in [2.45, 2.75) is 57.4 Å². The maximum Gasteiger partial charge on any atom is 0.269 e. The zero-order valence-electron chi connectivity index (χ0n) is 18.1. The maximum atomic E-state index is 13.7. The molecule has 0 bridgehead atoms. The Bertz CT molecular complexity index is 869. The first kappa shape index (κ1) is 22.9. The number of rotatable bonds is 8. The predicted molar refractivity (Wildman–Crippen MR) is 113 cm³/mol. The van der Waals surface area contributed by atoms with Crippen LogP contribution in [0.25, 0.3) is 0 Å². The monoisotopic (exact) mass is 433 g/mol. The number of alkyl halides is 2. The molecule has 2 heterocycles. The van der Waals surface area contributed by atoms with Crippen LogP contribution in [-0.4, -0.2) is 36.1 Å². The molecule has 2 aromatic heterocycles. The van der Waals surface area contributed by atoms with Crippen LogP contribution in [0, 0.1) is 5.92 Å². The minimum absolute atomic E-state index is 0.00132. The molecule has 2 aromatic rings. The molecule has 0 aromatic carbocycles. The van der Waals surface area contributed by atoms with E-state index in [4.69, 9.17) is 9.47 Å². The van der Waals surface area contributed by atoms with Crippen LogP contribution in [0.1, 0.15) is 72.9 Å². The van der Waals surface area contributed by atoms with Crippen LogP contribution >= 0.6 is 0 Å². The molecule has 0 spiro atoms. The van der Waals surface area contributed by atoms with Crippen molar-refractivity contribution in [3.8, 4) is 11.8 Å². The van der Waals surface area contributed by atoms with Crippen molar-refractivity contribution in [3.63, 3.8) is 0 Å². The molecule has 1 fully saturated rings. The van der Waals surface area contributed by atoms with Gasteiger partial charge in [-0.1, -0.05) is 6.92 Å². The van der Waals surface area contributed by atoms with Crippen LogP contribution in [0.15, 0.2) is 30.6 Å². The molecule has 1 saturated carbocycles. The summed E-state index contributed by atoms with van der Waals surface area (Å²) in [5.41, 5.74) is 1.01. The lowest BCUT2D eigenvalue weighted by Crippen LogP contribution is -2.41. The second-order valence-electron chi connectivity index (χ2n) is 7.81. The molecular formula is C23H29F2N3O3. The van der Waals surface area contributed by atoms with Gasteiger partial charge in [-0.3, -0.25) is 4.79 Å². The summed E-state index contributed by atoms with van der Waals surface area (Å²) >= 11 is 0. The standard InChI is InChI=1S/C23H29F2N3O3/c1-4-18(28-22(29)16-9-10-19(30-2)27-13-16)15-7-5-14(6-8-15)17-11-12-26-23(31-3)20(17)21(24)25/h9-15,18,21H,4-8H2,1-3H3,(H,28,29)/t14?,15?,18-/m0/s1. The van der Waals surface area contributed by atoms with E-state index in [1.54, 1.807) is 18.2 Å². The molecule has 168 valence electrons. The van der Waals surface area contributed by atoms with E-state index in [9.17, 15) is 13.6 Å². The molecule has 31 heavy (non-hydrogen) atoms. The fraction of sp³-hybridized carbons (Fsp3) is 0.522. The molecule has 1 aliphatic carbocycles. The van der Waals surface area contributed by atoms with Crippen molar-refractivity contribution in [2.75, 3.05) is 14.2 Å². The van der Waals surface area contributed by atoms with Gasteiger partial charge in [-0.2, -0.15) is 0 Å². The van der Waals surface area contributed by atoms with E-state index >= 15 is 0 Å². The van der Waals surface area contributed by atoms with E-state index in [2.05, 4.69) is 15.3 Å².